The molecule has 0 heterocycles. The Morgan fingerprint density at radius 3 is 2.64 bits per heavy atom. The minimum absolute atomic E-state index is 0.431. The van der Waals surface area contributed by atoms with Gasteiger partial charge < -0.3 is 10.1 Å². The normalized spacial score (nSPS) is 18.9. The van der Waals surface area contributed by atoms with Crippen LogP contribution >= 0.6 is 0 Å². The highest BCUT2D eigenvalue weighted by molar-refractivity contribution is 4.79. The van der Waals surface area contributed by atoms with E-state index >= 15 is 0 Å². The van der Waals surface area contributed by atoms with Gasteiger partial charge in [-0.2, -0.15) is 0 Å². The van der Waals surface area contributed by atoms with Gasteiger partial charge in [-0.3, -0.25) is 0 Å². The monoisotopic (exact) mass is 207 g/mol. The van der Waals surface area contributed by atoms with Gasteiger partial charge in [-0.05, 0) is 25.8 Å². The summed E-state index contributed by atoms with van der Waals surface area (Å²) in [4.78, 5) is 0. The fraction of sp³-hybridized carbons (Fsp3) is 1.00. The summed E-state index contributed by atoms with van der Waals surface area (Å²) in [5.74, 6) is 0.863. The maximum absolute atomic E-state index is 11.7. The number of ether oxygens (including phenoxy) is 1. The van der Waals surface area contributed by atoms with Crippen LogP contribution in [-0.4, -0.2) is 32.7 Å². The highest BCUT2D eigenvalue weighted by atomic mass is 19.3. The molecule has 14 heavy (non-hydrogen) atoms. The van der Waals surface area contributed by atoms with Crippen LogP contribution in [0, 0.1) is 5.92 Å². The van der Waals surface area contributed by atoms with E-state index in [0.717, 1.165) is 18.8 Å². The molecule has 1 aliphatic rings. The van der Waals surface area contributed by atoms with E-state index in [1.807, 2.05) is 7.05 Å². The van der Waals surface area contributed by atoms with Gasteiger partial charge in [0.1, 0.15) is 6.61 Å². The summed E-state index contributed by atoms with van der Waals surface area (Å²) in [6, 6.07) is 0.431. The molecule has 4 heteroatoms. The van der Waals surface area contributed by atoms with Crippen molar-refractivity contribution in [1.82, 2.24) is 5.32 Å². The van der Waals surface area contributed by atoms with Crippen LogP contribution in [0.1, 0.15) is 25.7 Å². The van der Waals surface area contributed by atoms with Crippen molar-refractivity contribution >= 4 is 0 Å². The third kappa shape index (κ3) is 5.50. The van der Waals surface area contributed by atoms with E-state index < -0.39 is 13.0 Å². The summed E-state index contributed by atoms with van der Waals surface area (Å²) in [7, 11) is 1.92. The minimum Gasteiger partial charge on any atom is -0.375 e. The predicted molar refractivity (Wildman–Crippen MR) is 51.6 cm³/mol. The van der Waals surface area contributed by atoms with Crippen LogP contribution in [0.3, 0.4) is 0 Å². The Hall–Kier alpha value is -0.220. The molecule has 84 valence electrons. The number of hydrogen-bond acceptors (Lipinski definition) is 2. The van der Waals surface area contributed by atoms with Gasteiger partial charge in [-0.25, -0.2) is 8.78 Å². The number of rotatable bonds is 8. The van der Waals surface area contributed by atoms with E-state index in [1.54, 1.807) is 0 Å². The molecule has 1 N–H and O–H groups in total. The first-order valence-electron chi connectivity index (χ1n) is 5.25. The smallest absolute Gasteiger partial charge is 0.261 e. The number of alkyl halides is 2. The zero-order valence-corrected chi connectivity index (χ0v) is 8.64. The van der Waals surface area contributed by atoms with Crippen molar-refractivity contribution in [1.29, 1.82) is 0 Å². The Balaban J connectivity index is 1.96. The van der Waals surface area contributed by atoms with Crippen LogP contribution in [0.5, 0.6) is 0 Å². The molecule has 1 rings (SSSR count). The molecule has 2 nitrogen and oxygen atoms in total. The first-order valence-corrected chi connectivity index (χ1v) is 5.25. The molecule has 0 aromatic heterocycles. The lowest BCUT2D eigenvalue weighted by molar-refractivity contribution is 0.0142. The quantitative estimate of drug-likeness (QED) is 0.615. The van der Waals surface area contributed by atoms with Crippen molar-refractivity contribution in [3.05, 3.63) is 0 Å². The van der Waals surface area contributed by atoms with E-state index in [-0.39, 0.29) is 0 Å². The number of nitrogens with one attached hydrogen (secondary N) is 1. The van der Waals surface area contributed by atoms with Crippen LogP contribution in [0.2, 0.25) is 0 Å². The zero-order chi connectivity index (χ0) is 10.4. The third-order valence-corrected chi connectivity index (χ3v) is 2.58. The van der Waals surface area contributed by atoms with Crippen molar-refractivity contribution in [3.8, 4) is 0 Å². The van der Waals surface area contributed by atoms with Crippen molar-refractivity contribution in [2.24, 2.45) is 5.92 Å². The van der Waals surface area contributed by atoms with Gasteiger partial charge in [0, 0.05) is 12.6 Å². The van der Waals surface area contributed by atoms with Crippen LogP contribution in [-0.2, 0) is 4.74 Å². The van der Waals surface area contributed by atoms with Crippen LogP contribution in [0.15, 0.2) is 0 Å². The topological polar surface area (TPSA) is 21.3 Å². The van der Waals surface area contributed by atoms with Gasteiger partial charge >= 0.3 is 0 Å². The van der Waals surface area contributed by atoms with Crippen LogP contribution in [0.4, 0.5) is 8.78 Å². The summed E-state index contributed by atoms with van der Waals surface area (Å²) < 4.78 is 28.3. The molecule has 0 bridgehead atoms. The first-order chi connectivity index (χ1) is 6.72. The Labute approximate surface area is 84.0 Å². The molecule has 0 spiro atoms. The molecule has 0 amide bonds. The Morgan fingerprint density at radius 2 is 2.14 bits per heavy atom. The van der Waals surface area contributed by atoms with Gasteiger partial charge in [-0.1, -0.05) is 12.8 Å². The second-order valence-electron chi connectivity index (χ2n) is 3.92. The van der Waals surface area contributed by atoms with E-state index in [0.29, 0.717) is 12.6 Å². The van der Waals surface area contributed by atoms with Crippen LogP contribution < -0.4 is 5.32 Å². The van der Waals surface area contributed by atoms with Crippen molar-refractivity contribution in [2.45, 2.75) is 38.2 Å². The van der Waals surface area contributed by atoms with Gasteiger partial charge in [0.25, 0.3) is 6.43 Å². The Bertz CT molecular complexity index is 151. The second kappa shape index (κ2) is 6.30. The summed E-state index contributed by atoms with van der Waals surface area (Å²) in [6.07, 6.45) is 2.31. The molecule has 0 aliphatic heterocycles. The van der Waals surface area contributed by atoms with Crippen molar-refractivity contribution in [2.75, 3.05) is 20.3 Å². The third-order valence-electron chi connectivity index (χ3n) is 2.58. The molecule has 1 aliphatic carbocycles. The van der Waals surface area contributed by atoms with E-state index in [2.05, 4.69) is 5.32 Å². The number of halogens is 2. The number of hydrogen-bond donors (Lipinski definition) is 1. The maximum atomic E-state index is 11.7. The highest BCUT2D eigenvalue weighted by Crippen LogP contribution is 2.33. The molecule has 0 aromatic rings. The molecule has 0 radical (unpaired) electrons. The maximum Gasteiger partial charge on any atom is 0.261 e. The summed E-state index contributed by atoms with van der Waals surface area (Å²) >= 11 is 0. The van der Waals surface area contributed by atoms with E-state index in [9.17, 15) is 8.78 Å². The lowest BCUT2D eigenvalue weighted by Gasteiger charge is -2.15. The molecule has 0 saturated heterocycles. The molecule has 1 fully saturated rings. The lowest BCUT2D eigenvalue weighted by atomic mass is 10.1. The van der Waals surface area contributed by atoms with Crippen molar-refractivity contribution < 1.29 is 13.5 Å². The Morgan fingerprint density at radius 1 is 1.43 bits per heavy atom. The SMILES string of the molecule is CNC(CCOCC(F)F)CC1CC1. The minimum atomic E-state index is -2.34. The van der Waals surface area contributed by atoms with Gasteiger partial charge in [-0.15, -0.1) is 0 Å². The molecule has 1 atom stereocenters. The largest absolute Gasteiger partial charge is 0.375 e. The summed E-state index contributed by atoms with van der Waals surface area (Å²) in [6.45, 7) is 0.00241. The molecular weight excluding hydrogens is 188 g/mol. The fourth-order valence-electron chi connectivity index (χ4n) is 1.53. The molecule has 0 aromatic carbocycles. The average Bonchev–Trinajstić information content (AvgIpc) is 2.93. The summed E-state index contributed by atoms with van der Waals surface area (Å²) in [5.41, 5.74) is 0. The van der Waals surface area contributed by atoms with E-state index in [1.165, 1.54) is 12.8 Å². The van der Waals surface area contributed by atoms with Crippen LogP contribution in [0.25, 0.3) is 0 Å². The second-order valence-corrected chi connectivity index (χ2v) is 3.92. The molecule has 1 unspecified atom stereocenters. The molecule has 1 saturated carbocycles. The van der Waals surface area contributed by atoms with Gasteiger partial charge in [0.05, 0.1) is 0 Å². The van der Waals surface area contributed by atoms with E-state index in [4.69, 9.17) is 4.74 Å². The highest BCUT2D eigenvalue weighted by Gasteiger charge is 2.24. The van der Waals surface area contributed by atoms with Gasteiger partial charge in [0.15, 0.2) is 0 Å². The Kier molecular flexibility index (Phi) is 5.33. The summed E-state index contributed by atoms with van der Waals surface area (Å²) in [5, 5.41) is 3.19. The standard InChI is InChI=1S/C10H19F2NO/c1-13-9(6-8-2-3-8)4-5-14-7-10(11)12/h8-10,13H,2-7H2,1H3. The van der Waals surface area contributed by atoms with Gasteiger partial charge in [0.2, 0.25) is 0 Å². The zero-order valence-electron chi connectivity index (χ0n) is 8.64. The van der Waals surface area contributed by atoms with Crippen molar-refractivity contribution in [3.63, 3.8) is 0 Å². The average molecular weight is 207 g/mol. The first kappa shape index (κ1) is 11.9. The predicted octanol–water partition coefficient (Wildman–Crippen LogP) is 2.05. The molecular formula is C10H19F2NO. The fourth-order valence-corrected chi connectivity index (χ4v) is 1.53. The lowest BCUT2D eigenvalue weighted by Crippen LogP contribution is -2.27.